The van der Waals surface area contributed by atoms with E-state index in [0.29, 0.717) is 75.9 Å². The number of ketones is 1. The standard InChI is InChI=1S/C44H50N6O10/c51-37-7-2-1-4-33(37)38(52)15-19-48-27-32-26-31(48)28-49(32)30-10-8-29(9-11-30)14-17-46-39(53)16-20-58-22-24-60-25-23-59-21-18-45-35-6-3-5-34-41(35)44(57)50(43(34)56)36-12-13-40(54)47-42(36)55/h1-11,15,19,31-32,36,45,51H,12-14,16-18,20-28H2,(H,46,53)(H,47,54,55)/b19-15+/t31-,32-,36?/m0/s1. The van der Waals surface area contributed by atoms with Crippen molar-refractivity contribution in [1.82, 2.24) is 20.4 Å². The molecule has 5 amide bonds. The summed E-state index contributed by atoms with van der Waals surface area (Å²) in [4.78, 5) is 80.5. The lowest BCUT2D eigenvalue weighted by atomic mass is 10.0. The minimum absolute atomic E-state index is 0.0112. The summed E-state index contributed by atoms with van der Waals surface area (Å²) < 4.78 is 16.7. The molecule has 0 saturated carbocycles. The minimum atomic E-state index is -1.02. The number of phenols is 1. The van der Waals surface area contributed by atoms with Gasteiger partial charge in [-0.1, -0.05) is 30.3 Å². The second kappa shape index (κ2) is 19.8. The Morgan fingerprint density at radius 2 is 1.57 bits per heavy atom. The maximum absolute atomic E-state index is 13.2. The molecule has 2 bridgehead atoms. The summed E-state index contributed by atoms with van der Waals surface area (Å²) in [5, 5.41) is 18.2. The number of allylic oxidation sites excluding steroid dienone is 1. The predicted octanol–water partition coefficient (Wildman–Crippen LogP) is 2.66. The van der Waals surface area contributed by atoms with Gasteiger partial charge in [-0.25, -0.2) is 0 Å². The molecule has 3 atom stereocenters. The summed E-state index contributed by atoms with van der Waals surface area (Å²) in [5.41, 5.74) is 3.48. The average molecular weight is 823 g/mol. The largest absolute Gasteiger partial charge is 0.507 e. The lowest BCUT2D eigenvalue weighted by molar-refractivity contribution is -0.136. The normalized spacial score (nSPS) is 19.7. The summed E-state index contributed by atoms with van der Waals surface area (Å²) in [5.74, 6) is -2.50. The molecule has 60 heavy (non-hydrogen) atoms. The number of phenolic OH excluding ortho intramolecular Hbond substituents is 1. The molecule has 0 spiro atoms. The molecule has 16 heteroatoms. The van der Waals surface area contributed by atoms with Crippen molar-refractivity contribution in [1.29, 1.82) is 0 Å². The first-order valence-corrected chi connectivity index (χ1v) is 20.4. The summed E-state index contributed by atoms with van der Waals surface area (Å²) in [6.45, 7) is 4.59. The summed E-state index contributed by atoms with van der Waals surface area (Å²) in [6.07, 6.45) is 5.55. The summed E-state index contributed by atoms with van der Waals surface area (Å²) in [7, 11) is 0. The van der Waals surface area contributed by atoms with Gasteiger partial charge >= 0.3 is 0 Å². The van der Waals surface area contributed by atoms with Crippen LogP contribution >= 0.6 is 0 Å². The number of likely N-dealkylation sites (tertiary alicyclic amines) is 1. The van der Waals surface area contributed by atoms with Crippen LogP contribution in [0, 0.1) is 0 Å². The number of para-hydroxylation sites is 1. The number of aromatic hydroxyl groups is 1. The molecule has 7 rings (SSSR count). The number of hydrogen-bond acceptors (Lipinski definition) is 13. The fourth-order valence-electron chi connectivity index (χ4n) is 8.05. The summed E-state index contributed by atoms with van der Waals surface area (Å²) in [6, 6.07) is 19.6. The highest BCUT2D eigenvalue weighted by molar-refractivity contribution is 6.25. The molecule has 0 aliphatic carbocycles. The number of imide groups is 2. The van der Waals surface area contributed by atoms with E-state index in [-0.39, 0.29) is 54.4 Å². The van der Waals surface area contributed by atoms with E-state index in [0.717, 1.165) is 30.0 Å². The molecule has 0 aromatic heterocycles. The van der Waals surface area contributed by atoms with Crippen LogP contribution in [0.2, 0.25) is 0 Å². The van der Waals surface area contributed by atoms with Crippen molar-refractivity contribution in [3.63, 3.8) is 0 Å². The molecule has 3 aromatic carbocycles. The Bertz CT molecular complexity index is 2110. The first-order chi connectivity index (χ1) is 29.2. The Kier molecular flexibility index (Phi) is 13.9. The average Bonchev–Trinajstić information content (AvgIpc) is 3.92. The van der Waals surface area contributed by atoms with E-state index >= 15 is 0 Å². The van der Waals surface area contributed by atoms with Crippen molar-refractivity contribution >= 4 is 46.7 Å². The van der Waals surface area contributed by atoms with Crippen LogP contribution in [0.5, 0.6) is 5.75 Å². The SMILES string of the molecule is O=C(CCOCCOCCOCCNc1cccc2c1C(=O)N(C1CCC(=O)NC1=O)C2=O)NCCc1ccc(N2C[C@@H]3C[C@H]2CN3/C=C/C(=O)c2ccccc2O)cc1. The van der Waals surface area contributed by atoms with Crippen LogP contribution in [0.3, 0.4) is 0 Å². The second-order valence-electron chi connectivity index (χ2n) is 15.0. The minimum Gasteiger partial charge on any atom is -0.507 e. The van der Waals surface area contributed by atoms with Crippen molar-refractivity contribution in [2.45, 2.75) is 50.2 Å². The topological polar surface area (TPSA) is 196 Å². The highest BCUT2D eigenvalue weighted by atomic mass is 16.5. The number of rotatable bonds is 21. The Hall–Kier alpha value is -6.10. The number of anilines is 2. The zero-order valence-corrected chi connectivity index (χ0v) is 33.3. The number of hydrogen-bond donors (Lipinski definition) is 4. The fourth-order valence-corrected chi connectivity index (χ4v) is 8.05. The number of benzene rings is 3. The van der Waals surface area contributed by atoms with Gasteiger partial charge in [0.15, 0.2) is 5.78 Å². The van der Waals surface area contributed by atoms with E-state index < -0.39 is 29.7 Å². The third kappa shape index (κ3) is 10.0. The van der Waals surface area contributed by atoms with Gasteiger partial charge in [-0.2, -0.15) is 0 Å². The van der Waals surface area contributed by atoms with Gasteiger partial charge in [-0.3, -0.25) is 39.0 Å². The van der Waals surface area contributed by atoms with Gasteiger partial charge in [-0.05, 0) is 61.2 Å². The number of piperidine rings is 1. The molecule has 4 heterocycles. The van der Waals surface area contributed by atoms with E-state index in [9.17, 15) is 33.9 Å². The Balaban J connectivity index is 0.693. The number of fused-ring (bicyclic) bond motifs is 3. The molecule has 4 N–H and O–H groups in total. The molecule has 16 nitrogen and oxygen atoms in total. The lowest BCUT2D eigenvalue weighted by Crippen LogP contribution is -2.54. The molecular formula is C44H50N6O10. The van der Waals surface area contributed by atoms with Crippen LogP contribution in [0.4, 0.5) is 11.4 Å². The fraction of sp³-hybridized carbons (Fsp3) is 0.409. The monoisotopic (exact) mass is 822 g/mol. The molecule has 1 unspecified atom stereocenters. The zero-order chi connectivity index (χ0) is 42.0. The number of nitrogens with one attached hydrogen (secondary N) is 3. The van der Waals surface area contributed by atoms with Crippen molar-refractivity contribution in [2.24, 2.45) is 0 Å². The zero-order valence-electron chi connectivity index (χ0n) is 33.3. The van der Waals surface area contributed by atoms with Crippen molar-refractivity contribution in [3.05, 3.63) is 101 Å². The van der Waals surface area contributed by atoms with Crippen LogP contribution in [-0.2, 0) is 35.0 Å². The second-order valence-corrected chi connectivity index (χ2v) is 15.0. The third-order valence-corrected chi connectivity index (χ3v) is 11.1. The highest BCUT2D eigenvalue weighted by Gasteiger charge is 2.46. The number of nitrogens with zero attached hydrogens (tertiary/aromatic N) is 3. The van der Waals surface area contributed by atoms with E-state index in [1.807, 2.05) is 6.20 Å². The first-order valence-electron chi connectivity index (χ1n) is 20.4. The van der Waals surface area contributed by atoms with Crippen molar-refractivity contribution < 1.29 is 48.1 Å². The van der Waals surface area contributed by atoms with Crippen LogP contribution in [0.1, 0.15) is 62.3 Å². The van der Waals surface area contributed by atoms with Gasteiger partial charge in [0.2, 0.25) is 17.7 Å². The Morgan fingerprint density at radius 3 is 2.30 bits per heavy atom. The maximum atomic E-state index is 13.2. The molecule has 4 aliphatic heterocycles. The molecule has 3 aromatic rings. The van der Waals surface area contributed by atoms with Crippen LogP contribution in [0.25, 0.3) is 0 Å². The Morgan fingerprint density at radius 1 is 0.817 bits per heavy atom. The van der Waals surface area contributed by atoms with Gasteiger partial charge < -0.3 is 39.8 Å². The molecule has 316 valence electrons. The third-order valence-electron chi connectivity index (χ3n) is 11.1. The number of carbonyl (C=O) groups excluding carboxylic acids is 6. The smallest absolute Gasteiger partial charge is 0.264 e. The van der Waals surface area contributed by atoms with Crippen LogP contribution < -0.4 is 20.9 Å². The number of ether oxygens (including phenoxy) is 3. The van der Waals surface area contributed by atoms with Crippen molar-refractivity contribution in [3.8, 4) is 5.75 Å². The van der Waals surface area contributed by atoms with Crippen LogP contribution in [0.15, 0.2) is 79.0 Å². The van der Waals surface area contributed by atoms with Gasteiger partial charge in [0.25, 0.3) is 11.8 Å². The van der Waals surface area contributed by atoms with Gasteiger partial charge in [0.05, 0.1) is 56.3 Å². The highest BCUT2D eigenvalue weighted by Crippen LogP contribution is 2.35. The number of carbonyl (C=O) groups is 6. The van der Waals surface area contributed by atoms with E-state index in [2.05, 4.69) is 50.0 Å². The van der Waals surface area contributed by atoms with Crippen LogP contribution in [-0.4, -0.2) is 134 Å². The molecule has 3 fully saturated rings. The summed E-state index contributed by atoms with van der Waals surface area (Å²) >= 11 is 0. The van der Waals surface area contributed by atoms with Gasteiger partial charge in [-0.15, -0.1) is 0 Å². The van der Waals surface area contributed by atoms with E-state index in [1.165, 1.54) is 11.8 Å². The molecule has 0 radical (unpaired) electrons. The van der Waals surface area contributed by atoms with Crippen molar-refractivity contribution in [2.75, 3.05) is 76.0 Å². The van der Waals surface area contributed by atoms with E-state index in [4.69, 9.17) is 14.2 Å². The number of amides is 5. The lowest BCUT2D eigenvalue weighted by Gasteiger charge is -2.35. The quantitative estimate of drug-likeness (QED) is 0.0531. The van der Waals surface area contributed by atoms with Gasteiger partial charge in [0.1, 0.15) is 11.8 Å². The molecule has 3 saturated heterocycles. The van der Waals surface area contributed by atoms with Gasteiger partial charge in [0, 0.05) is 74.8 Å². The maximum Gasteiger partial charge on any atom is 0.264 e. The number of piperazine rings is 1. The molecular weight excluding hydrogens is 773 g/mol. The van der Waals surface area contributed by atoms with E-state index in [1.54, 1.807) is 42.5 Å². The predicted molar refractivity (Wildman–Crippen MR) is 220 cm³/mol. The first kappa shape index (κ1) is 42.0. The molecule has 4 aliphatic rings. The Labute approximate surface area is 347 Å².